The van der Waals surface area contributed by atoms with Crippen molar-refractivity contribution in [1.29, 1.82) is 0 Å². The van der Waals surface area contributed by atoms with E-state index in [1.807, 2.05) is 18.2 Å². The van der Waals surface area contributed by atoms with Crippen LogP contribution in [0.3, 0.4) is 0 Å². The Hall–Kier alpha value is -3.00. The number of nitrogens with zero attached hydrogens (tertiary/aromatic N) is 5. The first-order chi connectivity index (χ1) is 12.4. The van der Waals surface area contributed by atoms with E-state index in [2.05, 4.69) is 10.3 Å². The molecule has 0 spiro atoms. The first-order valence-electron chi connectivity index (χ1n) is 7.93. The van der Waals surface area contributed by atoms with Crippen LogP contribution in [0.4, 0.5) is 5.69 Å². The van der Waals surface area contributed by atoms with Gasteiger partial charge in [0, 0.05) is 16.7 Å². The summed E-state index contributed by atoms with van der Waals surface area (Å²) in [6.07, 6.45) is 0.642. The molecule has 0 aliphatic heterocycles. The summed E-state index contributed by atoms with van der Waals surface area (Å²) < 4.78 is 1.41. The molecule has 0 aliphatic carbocycles. The third kappa shape index (κ3) is 3.97. The van der Waals surface area contributed by atoms with Crippen LogP contribution in [-0.2, 0) is 19.5 Å². The predicted octanol–water partition coefficient (Wildman–Crippen LogP) is 2.60. The van der Waals surface area contributed by atoms with Crippen molar-refractivity contribution in [2.75, 3.05) is 0 Å². The van der Waals surface area contributed by atoms with Crippen molar-refractivity contribution in [2.45, 2.75) is 26.4 Å². The molecule has 134 valence electrons. The summed E-state index contributed by atoms with van der Waals surface area (Å²) in [5, 5.41) is 19.1. The standard InChI is InChI=1S/C17H16ClN5O3/c1-12-9-14(5-6-16(12)23(25)26)11-21-17(24)19-20-22(21)8-7-13-3-2-4-15(18)10-13/h2-6,9-10H,7-8,11H2,1H3. The molecule has 9 heteroatoms. The van der Waals surface area contributed by atoms with Gasteiger partial charge in [0.2, 0.25) is 0 Å². The number of aromatic nitrogens is 4. The highest BCUT2D eigenvalue weighted by Gasteiger charge is 2.13. The molecule has 0 saturated carbocycles. The molecule has 0 aliphatic rings. The van der Waals surface area contributed by atoms with E-state index in [0.717, 1.165) is 11.1 Å². The molecule has 3 aromatic rings. The third-order valence-corrected chi connectivity index (χ3v) is 4.25. The van der Waals surface area contributed by atoms with Crippen molar-refractivity contribution in [3.8, 4) is 0 Å². The molecule has 0 saturated heterocycles. The number of rotatable bonds is 6. The molecule has 0 atom stereocenters. The third-order valence-electron chi connectivity index (χ3n) is 4.01. The van der Waals surface area contributed by atoms with E-state index in [1.54, 1.807) is 25.1 Å². The van der Waals surface area contributed by atoms with E-state index >= 15 is 0 Å². The predicted molar refractivity (Wildman–Crippen MR) is 96.4 cm³/mol. The molecule has 0 unspecified atom stereocenters. The van der Waals surface area contributed by atoms with Gasteiger partial charge < -0.3 is 0 Å². The van der Waals surface area contributed by atoms with Gasteiger partial charge in [0.1, 0.15) is 0 Å². The maximum atomic E-state index is 12.0. The second kappa shape index (κ2) is 7.49. The van der Waals surface area contributed by atoms with Crippen LogP contribution in [-0.4, -0.2) is 24.7 Å². The van der Waals surface area contributed by atoms with Crippen molar-refractivity contribution >= 4 is 17.3 Å². The Kier molecular flexibility index (Phi) is 5.13. The molecule has 1 heterocycles. The fourth-order valence-electron chi connectivity index (χ4n) is 2.72. The fourth-order valence-corrected chi connectivity index (χ4v) is 2.93. The molecule has 0 radical (unpaired) electrons. The van der Waals surface area contributed by atoms with Crippen LogP contribution in [0, 0.1) is 17.0 Å². The summed E-state index contributed by atoms with van der Waals surface area (Å²) in [6.45, 7) is 2.36. The number of aryl methyl sites for hydroxylation is 3. The van der Waals surface area contributed by atoms with Gasteiger partial charge in [-0.2, -0.15) is 4.80 Å². The van der Waals surface area contributed by atoms with E-state index in [4.69, 9.17) is 11.6 Å². The highest BCUT2D eigenvalue weighted by molar-refractivity contribution is 6.30. The van der Waals surface area contributed by atoms with E-state index in [1.165, 1.54) is 15.5 Å². The van der Waals surface area contributed by atoms with Gasteiger partial charge in [0.15, 0.2) is 0 Å². The maximum absolute atomic E-state index is 12.0. The molecule has 0 bridgehead atoms. The minimum absolute atomic E-state index is 0.0497. The van der Waals surface area contributed by atoms with Crippen molar-refractivity contribution in [2.24, 2.45) is 0 Å². The van der Waals surface area contributed by atoms with Crippen LogP contribution in [0.15, 0.2) is 47.3 Å². The zero-order valence-electron chi connectivity index (χ0n) is 14.0. The molecule has 0 fully saturated rings. The van der Waals surface area contributed by atoms with Crippen molar-refractivity contribution in [1.82, 2.24) is 19.8 Å². The Morgan fingerprint density at radius 2 is 2.00 bits per heavy atom. The molecule has 0 amide bonds. The molecule has 8 nitrogen and oxygen atoms in total. The van der Waals surface area contributed by atoms with Gasteiger partial charge in [-0.15, -0.1) is 0 Å². The summed E-state index contributed by atoms with van der Waals surface area (Å²) in [6, 6.07) is 12.2. The average Bonchev–Trinajstić information content (AvgIpc) is 2.93. The van der Waals surface area contributed by atoms with E-state index < -0.39 is 10.6 Å². The Morgan fingerprint density at radius 3 is 2.69 bits per heavy atom. The summed E-state index contributed by atoms with van der Waals surface area (Å²) in [7, 11) is 0. The van der Waals surface area contributed by atoms with Gasteiger partial charge in [-0.3, -0.25) is 10.1 Å². The monoisotopic (exact) mass is 373 g/mol. The summed E-state index contributed by atoms with van der Waals surface area (Å²) in [5.41, 5.74) is 1.92. The van der Waals surface area contributed by atoms with E-state index in [0.29, 0.717) is 23.6 Å². The lowest BCUT2D eigenvalue weighted by molar-refractivity contribution is -0.385. The SMILES string of the molecule is Cc1cc(Cn2c(=O)nnn2CCc2cccc(Cl)c2)ccc1[N+](=O)[O-]. The first kappa shape index (κ1) is 17.8. The number of hydrogen-bond acceptors (Lipinski definition) is 5. The molecule has 3 rings (SSSR count). The molecule has 2 aromatic carbocycles. The van der Waals surface area contributed by atoms with Crippen molar-refractivity contribution in [3.05, 3.63) is 84.8 Å². The van der Waals surface area contributed by atoms with Crippen LogP contribution < -0.4 is 5.69 Å². The minimum Gasteiger partial charge on any atom is -0.258 e. The topological polar surface area (TPSA) is 95.8 Å². The Bertz CT molecular complexity index is 1010. The zero-order valence-corrected chi connectivity index (χ0v) is 14.8. The van der Waals surface area contributed by atoms with Gasteiger partial charge in [0.25, 0.3) is 5.69 Å². The quantitative estimate of drug-likeness (QED) is 0.488. The minimum atomic E-state index is -0.466. The highest BCUT2D eigenvalue weighted by Crippen LogP contribution is 2.19. The largest absolute Gasteiger partial charge is 0.384 e. The highest BCUT2D eigenvalue weighted by atomic mass is 35.5. The smallest absolute Gasteiger partial charge is 0.258 e. The van der Waals surface area contributed by atoms with Gasteiger partial charge in [-0.05, 0) is 47.9 Å². The molecular formula is C17H16ClN5O3. The summed E-state index contributed by atoms with van der Waals surface area (Å²) >= 11 is 5.98. The van der Waals surface area contributed by atoms with E-state index in [9.17, 15) is 14.9 Å². The summed E-state index contributed by atoms with van der Waals surface area (Å²) in [5.74, 6) is 0. The number of halogens is 1. The molecule has 1 aromatic heterocycles. The second-order valence-electron chi connectivity index (χ2n) is 5.88. The lowest BCUT2D eigenvalue weighted by Crippen LogP contribution is -2.25. The fraction of sp³-hybridized carbons (Fsp3) is 0.235. The zero-order chi connectivity index (χ0) is 18.7. The summed E-state index contributed by atoms with van der Waals surface area (Å²) in [4.78, 5) is 24.0. The van der Waals surface area contributed by atoms with Crippen LogP contribution in [0.25, 0.3) is 0 Å². The van der Waals surface area contributed by atoms with Gasteiger partial charge in [0.05, 0.1) is 18.0 Å². The van der Waals surface area contributed by atoms with Gasteiger partial charge in [-0.1, -0.05) is 34.9 Å². The van der Waals surface area contributed by atoms with Crippen LogP contribution in [0.1, 0.15) is 16.7 Å². The maximum Gasteiger partial charge on any atom is 0.384 e. The van der Waals surface area contributed by atoms with Crippen molar-refractivity contribution in [3.63, 3.8) is 0 Å². The molecule has 26 heavy (non-hydrogen) atoms. The van der Waals surface area contributed by atoms with Gasteiger partial charge in [-0.25, -0.2) is 9.48 Å². The van der Waals surface area contributed by atoms with Crippen LogP contribution in [0.2, 0.25) is 5.02 Å². The lowest BCUT2D eigenvalue weighted by atomic mass is 10.1. The van der Waals surface area contributed by atoms with Gasteiger partial charge >= 0.3 is 5.69 Å². The first-order valence-corrected chi connectivity index (χ1v) is 8.31. The second-order valence-corrected chi connectivity index (χ2v) is 6.32. The van der Waals surface area contributed by atoms with Crippen LogP contribution >= 0.6 is 11.6 Å². The van der Waals surface area contributed by atoms with E-state index in [-0.39, 0.29) is 12.2 Å². The number of tetrazole rings is 1. The average molecular weight is 374 g/mol. The Labute approximate surface area is 153 Å². The Balaban J connectivity index is 1.79. The normalized spacial score (nSPS) is 10.8. The Morgan fingerprint density at radius 1 is 1.19 bits per heavy atom. The molecule has 0 N–H and O–H groups in total. The lowest BCUT2D eigenvalue weighted by Gasteiger charge is -2.09. The van der Waals surface area contributed by atoms with Crippen molar-refractivity contribution < 1.29 is 4.92 Å². The number of nitro benzene ring substituents is 1. The number of hydrogen-bond donors (Lipinski definition) is 0. The number of benzene rings is 2. The molecular weight excluding hydrogens is 358 g/mol. The van der Waals surface area contributed by atoms with Crippen LogP contribution in [0.5, 0.6) is 0 Å². The number of nitro groups is 1.